The molecule has 0 unspecified atom stereocenters. The highest BCUT2D eigenvalue weighted by atomic mass is 15.1. The summed E-state index contributed by atoms with van der Waals surface area (Å²) in [5.41, 5.74) is 0. The molecule has 17 heavy (non-hydrogen) atoms. The molecule has 4 nitrogen and oxygen atoms in total. The second kappa shape index (κ2) is 8.25. The lowest BCUT2D eigenvalue weighted by molar-refractivity contribution is 0.297. The number of hydrogen-bond acceptors (Lipinski definition) is 3. The molecule has 0 atom stereocenters. The van der Waals surface area contributed by atoms with Crippen molar-refractivity contribution in [2.75, 3.05) is 26.2 Å². The monoisotopic (exact) mass is 238 g/mol. The van der Waals surface area contributed by atoms with E-state index in [-0.39, 0.29) is 0 Å². The molecule has 0 fully saturated rings. The van der Waals surface area contributed by atoms with Gasteiger partial charge >= 0.3 is 0 Å². The van der Waals surface area contributed by atoms with Crippen molar-refractivity contribution in [2.45, 2.75) is 40.3 Å². The molecule has 1 aromatic rings. The molecule has 0 aliphatic heterocycles. The second-order valence-electron chi connectivity index (χ2n) is 4.19. The van der Waals surface area contributed by atoms with Crippen LogP contribution in [0.2, 0.25) is 0 Å². The average molecular weight is 238 g/mol. The van der Waals surface area contributed by atoms with Crippen molar-refractivity contribution in [3.8, 4) is 0 Å². The molecule has 4 heteroatoms. The van der Waals surface area contributed by atoms with Crippen LogP contribution in [0.25, 0.3) is 0 Å². The Kier molecular flexibility index (Phi) is 6.89. The van der Waals surface area contributed by atoms with Crippen LogP contribution in [0.1, 0.15) is 33.0 Å². The van der Waals surface area contributed by atoms with Crippen LogP contribution < -0.4 is 5.32 Å². The van der Waals surface area contributed by atoms with Crippen molar-refractivity contribution in [2.24, 2.45) is 0 Å². The Hall–Kier alpha value is -0.870. The van der Waals surface area contributed by atoms with E-state index in [4.69, 9.17) is 0 Å². The quantitative estimate of drug-likeness (QED) is 0.665. The van der Waals surface area contributed by atoms with Gasteiger partial charge in [-0.15, -0.1) is 0 Å². The van der Waals surface area contributed by atoms with Crippen molar-refractivity contribution in [1.82, 2.24) is 19.8 Å². The van der Waals surface area contributed by atoms with Gasteiger partial charge in [-0.2, -0.15) is 0 Å². The molecule has 0 bridgehead atoms. The van der Waals surface area contributed by atoms with Crippen LogP contribution in [0.3, 0.4) is 0 Å². The summed E-state index contributed by atoms with van der Waals surface area (Å²) in [6.07, 6.45) is 5.11. The van der Waals surface area contributed by atoms with Crippen molar-refractivity contribution < 1.29 is 0 Å². The number of hydrogen-bond donors (Lipinski definition) is 1. The summed E-state index contributed by atoms with van der Waals surface area (Å²) >= 11 is 0. The van der Waals surface area contributed by atoms with Gasteiger partial charge < -0.3 is 14.8 Å². The van der Waals surface area contributed by atoms with E-state index in [1.807, 2.05) is 12.4 Å². The lowest BCUT2D eigenvalue weighted by Gasteiger charge is -2.17. The molecule has 1 aromatic heterocycles. The summed E-state index contributed by atoms with van der Waals surface area (Å²) in [7, 11) is 0. The molecule has 1 N–H and O–H groups in total. The fourth-order valence-electron chi connectivity index (χ4n) is 1.96. The Balaban J connectivity index is 2.12. The molecule has 0 radical (unpaired) electrons. The van der Waals surface area contributed by atoms with Crippen LogP contribution in [0.15, 0.2) is 12.4 Å². The standard InChI is InChI=1S/C13H26N4/c1-4-16(5-2)10-7-8-14-12-13-15-9-11-17(13)6-3/h9,11,14H,4-8,10,12H2,1-3H3. The van der Waals surface area contributed by atoms with Gasteiger partial charge in [0.25, 0.3) is 0 Å². The zero-order valence-corrected chi connectivity index (χ0v) is 11.4. The van der Waals surface area contributed by atoms with E-state index in [2.05, 4.69) is 40.5 Å². The first kappa shape index (κ1) is 14.2. The van der Waals surface area contributed by atoms with Crippen LogP contribution in [-0.2, 0) is 13.1 Å². The Bertz CT molecular complexity index is 291. The summed E-state index contributed by atoms with van der Waals surface area (Å²) in [6.45, 7) is 13.0. The SMILES string of the molecule is CCN(CC)CCCNCc1nccn1CC. The van der Waals surface area contributed by atoms with Crippen molar-refractivity contribution in [1.29, 1.82) is 0 Å². The largest absolute Gasteiger partial charge is 0.334 e. The van der Waals surface area contributed by atoms with E-state index in [9.17, 15) is 0 Å². The summed E-state index contributed by atoms with van der Waals surface area (Å²) < 4.78 is 2.18. The zero-order chi connectivity index (χ0) is 12.5. The highest BCUT2D eigenvalue weighted by molar-refractivity contribution is 4.91. The average Bonchev–Trinajstić information content (AvgIpc) is 2.81. The number of aromatic nitrogens is 2. The third-order valence-corrected chi connectivity index (χ3v) is 3.15. The smallest absolute Gasteiger partial charge is 0.122 e. The molecule has 0 aromatic carbocycles. The maximum absolute atomic E-state index is 4.34. The lowest BCUT2D eigenvalue weighted by Crippen LogP contribution is -2.27. The lowest BCUT2D eigenvalue weighted by atomic mass is 10.3. The van der Waals surface area contributed by atoms with E-state index < -0.39 is 0 Å². The zero-order valence-electron chi connectivity index (χ0n) is 11.4. The topological polar surface area (TPSA) is 33.1 Å². The normalized spacial score (nSPS) is 11.3. The third kappa shape index (κ3) is 4.88. The molecule has 1 heterocycles. The molecule has 1 rings (SSSR count). The van der Waals surface area contributed by atoms with Gasteiger partial charge in [0.05, 0.1) is 6.54 Å². The first-order chi connectivity index (χ1) is 8.31. The molecule has 0 aliphatic rings. The second-order valence-corrected chi connectivity index (χ2v) is 4.19. The Morgan fingerprint density at radius 2 is 2.06 bits per heavy atom. The predicted octanol–water partition coefficient (Wildman–Crippen LogP) is 1.72. The molecular formula is C13H26N4. The van der Waals surface area contributed by atoms with E-state index in [1.165, 1.54) is 13.0 Å². The van der Waals surface area contributed by atoms with Gasteiger partial charge in [0.15, 0.2) is 0 Å². The maximum Gasteiger partial charge on any atom is 0.122 e. The highest BCUT2D eigenvalue weighted by Crippen LogP contribution is 1.96. The molecule has 0 amide bonds. The van der Waals surface area contributed by atoms with Crippen LogP contribution in [0.5, 0.6) is 0 Å². The fraction of sp³-hybridized carbons (Fsp3) is 0.769. The number of imidazole rings is 1. The number of rotatable bonds is 9. The summed E-state index contributed by atoms with van der Waals surface area (Å²) in [5, 5.41) is 3.46. The van der Waals surface area contributed by atoms with Crippen LogP contribution in [0, 0.1) is 0 Å². The molecule has 0 aliphatic carbocycles. The predicted molar refractivity (Wildman–Crippen MR) is 72.0 cm³/mol. The van der Waals surface area contributed by atoms with Crippen LogP contribution in [0.4, 0.5) is 0 Å². The number of aryl methyl sites for hydroxylation is 1. The van der Waals surface area contributed by atoms with Gasteiger partial charge in [0, 0.05) is 18.9 Å². The van der Waals surface area contributed by atoms with Crippen molar-refractivity contribution in [3.63, 3.8) is 0 Å². The molecule has 0 saturated carbocycles. The van der Waals surface area contributed by atoms with Crippen molar-refractivity contribution in [3.05, 3.63) is 18.2 Å². The van der Waals surface area contributed by atoms with Gasteiger partial charge in [-0.25, -0.2) is 4.98 Å². The Morgan fingerprint density at radius 1 is 1.29 bits per heavy atom. The third-order valence-electron chi connectivity index (χ3n) is 3.15. The summed E-state index contributed by atoms with van der Waals surface area (Å²) in [5.74, 6) is 1.13. The minimum absolute atomic E-state index is 0.874. The van der Waals surface area contributed by atoms with Crippen LogP contribution >= 0.6 is 0 Å². The Labute approximate surface area is 105 Å². The summed E-state index contributed by atoms with van der Waals surface area (Å²) in [6, 6.07) is 0. The van der Waals surface area contributed by atoms with Crippen molar-refractivity contribution >= 4 is 0 Å². The number of nitrogens with zero attached hydrogens (tertiary/aromatic N) is 3. The van der Waals surface area contributed by atoms with Gasteiger partial charge in [0.1, 0.15) is 5.82 Å². The minimum Gasteiger partial charge on any atom is -0.334 e. The highest BCUT2D eigenvalue weighted by Gasteiger charge is 2.01. The van der Waals surface area contributed by atoms with E-state index in [0.29, 0.717) is 0 Å². The van der Waals surface area contributed by atoms with Gasteiger partial charge in [-0.05, 0) is 39.5 Å². The minimum atomic E-state index is 0.874. The van der Waals surface area contributed by atoms with Gasteiger partial charge in [-0.1, -0.05) is 13.8 Å². The van der Waals surface area contributed by atoms with E-state index in [1.54, 1.807) is 0 Å². The molecule has 0 spiro atoms. The fourth-order valence-corrected chi connectivity index (χ4v) is 1.96. The van der Waals surface area contributed by atoms with Gasteiger partial charge in [-0.3, -0.25) is 0 Å². The van der Waals surface area contributed by atoms with Crippen LogP contribution in [-0.4, -0.2) is 40.6 Å². The van der Waals surface area contributed by atoms with E-state index in [0.717, 1.165) is 38.5 Å². The molecular weight excluding hydrogens is 212 g/mol. The molecule has 0 saturated heterocycles. The Morgan fingerprint density at radius 3 is 2.71 bits per heavy atom. The maximum atomic E-state index is 4.34. The van der Waals surface area contributed by atoms with Gasteiger partial charge in [0.2, 0.25) is 0 Å². The van der Waals surface area contributed by atoms with E-state index >= 15 is 0 Å². The molecule has 98 valence electrons. The first-order valence-electron chi connectivity index (χ1n) is 6.74. The summed E-state index contributed by atoms with van der Waals surface area (Å²) in [4.78, 5) is 6.80. The number of nitrogens with one attached hydrogen (secondary N) is 1. The first-order valence-corrected chi connectivity index (χ1v) is 6.74.